The number of nitrogens with one attached hydrogen (secondary N) is 2. The summed E-state index contributed by atoms with van der Waals surface area (Å²) in [5.74, 6) is 0.341. The number of hydrogen-bond donors (Lipinski definition) is 2. The number of piperazine rings is 1. The van der Waals surface area contributed by atoms with E-state index in [-0.39, 0.29) is 22.9 Å². The molecule has 0 saturated carbocycles. The van der Waals surface area contributed by atoms with Gasteiger partial charge in [-0.15, -0.1) is 0 Å². The van der Waals surface area contributed by atoms with Crippen LogP contribution in [0.15, 0.2) is 70.9 Å². The molecule has 2 aromatic heterocycles. The Morgan fingerprint density at radius 1 is 1.05 bits per heavy atom. The van der Waals surface area contributed by atoms with Crippen molar-refractivity contribution in [3.05, 3.63) is 82.2 Å². The average molecular weight is 571 g/mol. The van der Waals surface area contributed by atoms with E-state index in [1.165, 1.54) is 17.8 Å². The highest BCUT2D eigenvalue weighted by Crippen LogP contribution is 2.32. The minimum atomic E-state index is -0.615. The third-order valence-electron chi connectivity index (χ3n) is 7.07. The number of ether oxygens (including phenoxy) is 1. The number of carbonyl (C=O) groups is 2. The summed E-state index contributed by atoms with van der Waals surface area (Å²) in [4.78, 5) is 62.6. The Morgan fingerprint density at radius 3 is 2.50 bits per heavy atom. The fraction of sp³-hybridized carbons (Fsp3) is 0.241. The number of hydrogen-bond acceptors (Lipinski definition) is 9. The van der Waals surface area contributed by atoms with E-state index >= 15 is 0 Å². The predicted octanol–water partition coefficient (Wildman–Crippen LogP) is 2.02. The summed E-state index contributed by atoms with van der Waals surface area (Å²) >= 11 is 0. The molecule has 4 aromatic rings. The van der Waals surface area contributed by atoms with Crippen molar-refractivity contribution in [3.63, 3.8) is 0 Å². The number of benzene rings is 2. The highest BCUT2D eigenvalue weighted by atomic mass is 16.5. The maximum absolute atomic E-state index is 13.3. The van der Waals surface area contributed by atoms with E-state index in [2.05, 4.69) is 32.1 Å². The molecule has 0 atom stereocenters. The Labute approximate surface area is 240 Å². The molecule has 42 heavy (non-hydrogen) atoms. The zero-order valence-electron chi connectivity index (χ0n) is 23.5. The monoisotopic (exact) mass is 570 g/mol. The number of aromatic nitrogens is 4. The van der Waals surface area contributed by atoms with E-state index in [1.54, 1.807) is 38.3 Å². The maximum atomic E-state index is 13.3. The predicted molar refractivity (Wildman–Crippen MR) is 160 cm³/mol. The van der Waals surface area contributed by atoms with Crippen molar-refractivity contribution in [2.75, 3.05) is 48.8 Å². The molecule has 0 radical (unpaired) electrons. The second kappa shape index (κ2) is 11.6. The van der Waals surface area contributed by atoms with Crippen molar-refractivity contribution >= 4 is 45.9 Å². The third kappa shape index (κ3) is 5.44. The maximum Gasteiger partial charge on any atom is 0.337 e. The SMILES string of the molecule is C=CC(=O)Nc1cccc(-n2c(=O)n(C)c(=O)c3cnc(Nc4ccc(N5CCN(C(C)=O)CC5)cc4OC)nc32)c1. The van der Waals surface area contributed by atoms with Crippen LogP contribution in [-0.2, 0) is 16.6 Å². The standard InChI is InChI=1S/C29H30N8O5/c1-5-25(39)31-19-7-6-8-21(15-19)37-26-22(27(40)34(3)29(37)41)17-30-28(33-26)32-23-10-9-20(16-24(23)42-4)36-13-11-35(12-14-36)18(2)38/h5-10,15-17H,1,11-14H2,2-4H3,(H,31,39)(H,30,32,33). The van der Waals surface area contributed by atoms with Crippen LogP contribution >= 0.6 is 0 Å². The number of methoxy groups -OCH3 is 1. The second-order valence-corrected chi connectivity index (χ2v) is 9.66. The zero-order valence-corrected chi connectivity index (χ0v) is 23.5. The quantitative estimate of drug-likeness (QED) is 0.319. The van der Waals surface area contributed by atoms with Gasteiger partial charge in [0.15, 0.2) is 5.65 Å². The number of nitrogens with zero attached hydrogens (tertiary/aromatic N) is 6. The van der Waals surface area contributed by atoms with Crippen LogP contribution in [0.25, 0.3) is 16.7 Å². The largest absolute Gasteiger partial charge is 0.494 e. The molecule has 1 saturated heterocycles. The van der Waals surface area contributed by atoms with Gasteiger partial charge in [0.2, 0.25) is 17.8 Å². The van der Waals surface area contributed by atoms with Gasteiger partial charge in [0.25, 0.3) is 5.56 Å². The molecule has 13 heteroatoms. The van der Waals surface area contributed by atoms with Crippen molar-refractivity contribution < 1.29 is 14.3 Å². The van der Waals surface area contributed by atoms with Crippen LogP contribution < -0.4 is 31.5 Å². The molecule has 0 unspecified atom stereocenters. The van der Waals surface area contributed by atoms with Crippen molar-refractivity contribution in [1.29, 1.82) is 0 Å². The minimum absolute atomic E-state index is 0.0672. The van der Waals surface area contributed by atoms with Gasteiger partial charge in [-0.1, -0.05) is 12.6 Å². The normalized spacial score (nSPS) is 13.1. The van der Waals surface area contributed by atoms with Crippen LogP contribution in [0, 0.1) is 0 Å². The van der Waals surface area contributed by atoms with Crippen molar-refractivity contribution in [2.45, 2.75) is 6.92 Å². The Balaban J connectivity index is 1.51. The molecular weight excluding hydrogens is 540 g/mol. The number of amides is 2. The minimum Gasteiger partial charge on any atom is -0.494 e. The first-order chi connectivity index (χ1) is 20.2. The third-order valence-corrected chi connectivity index (χ3v) is 7.07. The number of carbonyl (C=O) groups excluding carboxylic acids is 2. The van der Waals surface area contributed by atoms with E-state index in [4.69, 9.17) is 4.74 Å². The molecule has 216 valence electrons. The first kappa shape index (κ1) is 28.1. The summed E-state index contributed by atoms with van der Waals surface area (Å²) in [6.45, 7) is 7.73. The number of anilines is 4. The van der Waals surface area contributed by atoms with Crippen LogP contribution in [0.4, 0.5) is 23.0 Å². The lowest BCUT2D eigenvalue weighted by atomic mass is 10.2. The summed E-state index contributed by atoms with van der Waals surface area (Å²) in [5, 5.41) is 5.94. The molecule has 5 rings (SSSR count). The first-order valence-electron chi connectivity index (χ1n) is 13.2. The van der Waals surface area contributed by atoms with Crippen molar-refractivity contribution in [1.82, 2.24) is 24.0 Å². The number of rotatable bonds is 7. The van der Waals surface area contributed by atoms with Gasteiger partial charge in [-0.25, -0.2) is 14.3 Å². The van der Waals surface area contributed by atoms with E-state index in [0.29, 0.717) is 49.0 Å². The molecule has 3 heterocycles. The summed E-state index contributed by atoms with van der Waals surface area (Å²) in [6, 6.07) is 12.3. The fourth-order valence-corrected chi connectivity index (χ4v) is 4.79. The van der Waals surface area contributed by atoms with Gasteiger partial charge >= 0.3 is 5.69 Å². The van der Waals surface area contributed by atoms with Gasteiger partial charge < -0.3 is 25.2 Å². The van der Waals surface area contributed by atoms with E-state index < -0.39 is 17.2 Å². The molecule has 2 aromatic carbocycles. The molecule has 13 nitrogen and oxygen atoms in total. The zero-order chi connectivity index (χ0) is 30.0. The van der Waals surface area contributed by atoms with Gasteiger partial charge in [-0.3, -0.25) is 19.0 Å². The molecule has 2 amide bonds. The number of fused-ring (bicyclic) bond motifs is 1. The van der Waals surface area contributed by atoms with Crippen LogP contribution in [-0.4, -0.2) is 69.1 Å². The van der Waals surface area contributed by atoms with Gasteiger partial charge in [0.05, 0.1) is 18.5 Å². The van der Waals surface area contributed by atoms with Crippen LogP contribution in [0.2, 0.25) is 0 Å². The van der Waals surface area contributed by atoms with Crippen molar-refractivity contribution in [2.24, 2.45) is 7.05 Å². The highest BCUT2D eigenvalue weighted by Gasteiger charge is 2.20. The Hall–Kier alpha value is -5.46. The Kier molecular flexibility index (Phi) is 7.74. The van der Waals surface area contributed by atoms with E-state index in [0.717, 1.165) is 16.3 Å². The topological polar surface area (TPSA) is 144 Å². The summed E-state index contributed by atoms with van der Waals surface area (Å²) in [5.41, 5.74) is 1.28. The molecule has 2 N–H and O–H groups in total. The molecule has 1 fully saturated rings. The van der Waals surface area contributed by atoms with Crippen LogP contribution in [0.1, 0.15) is 6.92 Å². The van der Waals surface area contributed by atoms with Gasteiger partial charge in [0, 0.05) is 63.8 Å². The molecule has 0 aliphatic carbocycles. The van der Waals surface area contributed by atoms with Crippen LogP contribution in [0.5, 0.6) is 5.75 Å². The average Bonchev–Trinajstić information content (AvgIpc) is 3.00. The molecule has 0 bridgehead atoms. The molecule has 0 spiro atoms. The lowest BCUT2D eigenvalue weighted by molar-refractivity contribution is -0.129. The van der Waals surface area contributed by atoms with Crippen molar-refractivity contribution in [3.8, 4) is 11.4 Å². The van der Waals surface area contributed by atoms with E-state index in [9.17, 15) is 19.2 Å². The van der Waals surface area contributed by atoms with Crippen LogP contribution in [0.3, 0.4) is 0 Å². The first-order valence-corrected chi connectivity index (χ1v) is 13.2. The Bertz CT molecular complexity index is 1820. The molecular formula is C29H30N8O5. The van der Waals surface area contributed by atoms with Gasteiger partial charge in [0.1, 0.15) is 11.1 Å². The lowest BCUT2D eigenvalue weighted by Crippen LogP contribution is -2.48. The van der Waals surface area contributed by atoms with Gasteiger partial charge in [-0.2, -0.15) is 4.98 Å². The fourth-order valence-electron chi connectivity index (χ4n) is 4.79. The summed E-state index contributed by atoms with van der Waals surface area (Å²) in [6.07, 6.45) is 2.50. The van der Waals surface area contributed by atoms with E-state index in [1.807, 2.05) is 23.1 Å². The lowest BCUT2D eigenvalue weighted by Gasteiger charge is -2.35. The summed E-state index contributed by atoms with van der Waals surface area (Å²) < 4.78 is 7.90. The molecule has 1 aliphatic heterocycles. The van der Waals surface area contributed by atoms with Gasteiger partial charge in [-0.05, 0) is 36.4 Å². The highest BCUT2D eigenvalue weighted by molar-refractivity contribution is 5.99. The Morgan fingerprint density at radius 2 is 1.81 bits per heavy atom. The smallest absolute Gasteiger partial charge is 0.337 e. The molecule has 1 aliphatic rings. The summed E-state index contributed by atoms with van der Waals surface area (Å²) in [7, 11) is 2.93. The second-order valence-electron chi connectivity index (χ2n) is 9.66.